The number of aromatic nitrogens is 1. The Hall–Kier alpha value is -2.44. The average molecular weight is 369 g/mol. The number of amides is 1. The molecule has 2 heterocycles. The van der Waals surface area contributed by atoms with E-state index in [1.165, 1.54) is 0 Å². The van der Waals surface area contributed by atoms with Crippen LogP contribution >= 0.6 is 0 Å². The van der Waals surface area contributed by atoms with Crippen LogP contribution < -0.4 is 10.1 Å². The van der Waals surface area contributed by atoms with Gasteiger partial charge in [0.05, 0.1) is 12.2 Å². The number of hydrogen-bond donors (Lipinski definition) is 2. The molecule has 2 atom stereocenters. The van der Waals surface area contributed by atoms with Crippen LogP contribution in [0.3, 0.4) is 0 Å². The van der Waals surface area contributed by atoms with Crippen molar-refractivity contribution in [1.82, 2.24) is 15.2 Å². The molecule has 0 spiro atoms. The first kappa shape index (κ1) is 19.3. The molecule has 1 aromatic heterocycles. The summed E-state index contributed by atoms with van der Waals surface area (Å²) in [5.74, 6) is 0.812. The van der Waals surface area contributed by atoms with E-state index in [9.17, 15) is 9.90 Å². The largest absolute Gasteiger partial charge is 0.494 e. The monoisotopic (exact) mass is 369 g/mol. The fraction of sp³-hybridized carbons (Fsp3) is 0.429. The Labute approximate surface area is 160 Å². The van der Waals surface area contributed by atoms with Crippen molar-refractivity contribution < 1.29 is 14.6 Å². The molecular weight excluding hydrogens is 342 g/mol. The molecular formula is C21H27N3O3. The van der Waals surface area contributed by atoms with Crippen LogP contribution in [-0.2, 0) is 6.54 Å². The van der Waals surface area contributed by atoms with Crippen molar-refractivity contribution in [3.8, 4) is 5.75 Å². The summed E-state index contributed by atoms with van der Waals surface area (Å²) < 4.78 is 5.73. The van der Waals surface area contributed by atoms with E-state index in [1.807, 2.05) is 25.1 Å². The molecule has 1 amide bonds. The van der Waals surface area contributed by atoms with Crippen LogP contribution in [0.15, 0.2) is 48.8 Å². The van der Waals surface area contributed by atoms with Gasteiger partial charge in [-0.15, -0.1) is 0 Å². The van der Waals surface area contributed by atoms with Crippen molar-refractivity contribution in [1.29, 1.82) is 0 Å². The molecule has 0 bridgehead atoms. The Kier molecular flexibility index (Phi) is 6.79. The maximum atomic E-state index is 12.5. The topological polar surface area (TPSA) is 74.7 Å². The Morgan fingerprint density at radius 3 is 2.93 bits per heavy atom. The van der Waals surface area contributed by atoms with Gasteiger partial charge in [-0.3, -0.25) is 14.7 Å². The van der Waals surface area contributed by atoms with Gasteiger partial charge in [-0.25, -0.2) is 0 Å². The number of rotatable bonds is 7. The first-order valence-electron chi connectivity index (χ1n) is 9.46. The van der Waals surface area contributed by atoms with Crippen LogP contribution in [0.1, 0.15) is 29.3 Å². The van der Waals surface area contributed by atoms with E-state index in [2.05, 4.69) is 21.3 Å². The van der Waals surface area contributed by atoms with Crippen molar-refractivity contribution in [3.05, 3.63) is 59.9 Å². The van der Waals surface area contributed by atoms with Gasteiger partial charge in [0.25, 0.3) is 5.91 Å². The number of para-hydroxylation sites is 1. The fourth-order valence-corrected chi connectivity index (χ4v) is 3.51. The fourth-order valence-electron chi connectivity index (χ4n) is 3.51. The van der Waals surface area contributed by atoms with Crippen LogP contribution in [-0.4, -0.2) is 53.2 Å². The zero-order valence-corrected chi connectivity index (χ0v) is 15.7. The van der Waals surface area contributed by atoms with Gasteiger partial charge in [0.1, 0.15) is 5.75 Å². The van der Waals surface area contributed by atoms with Gasteiger partial charge in [0.15, 0.2) is 0 Å². The molecule has 0 radical (unpaired) electrons. The molecule has 6 nitrogen and oxygen atoms in total. The number of hydrogen-bond acceptors (Lipinski definition) is 5. The molecule has 144 valence electrons. The van der Waals surface area contributed by atoms with Gasteiger partial charge in [0.2, 0.25) is 0 Å². The minimum Gasteiger partial charge on any atom is -0.494 e. The molecule has 27 heavy (non-hydrogen) atoms. The van der Waals surface area contributed by atoms with Crippen LogP contribution in [0.2, 0.25) is 0 Å². The molecule has 2 N–H and O–H groups in total. The number of benzene rings is 1. The highest BCUT2D eigenvalue weighted by Crippen LogP contribution is 2.24. The Bertz CT molecular complexity index is 738. The standard InChI is InChI=1S/C21H27N3O3/c1-2-27-20-8-4-3-6-17(20)13-24-11-9-18(15-25)19(14-24)23-21(26)16-7-5-10-22-12-16/h3-8,10,12,18-19,25H,2,9,11,13-15H2,1H3,(H,23,26)/t18-,19-/m1/s1. The highest BCUT2D eigenvalue weighted by molar-refractivity contribution is 5.94. The molecule has 1 fully saturated rings. The predicted molar refractivity (Wildman–Crippen MR) is 104 cm³/mol. The van der Waals surface area contributed by atoms with E-state index in [-0.39, 0.29) is 24.5 Å². The van der Waals surface area contributed by atoms with E-state index in [0.29, 0.717) is 18.7 Å². The minimum absolute atomic E-state index is 0.0593. The van der Waals surface area contributed by atoms with E-state index in [4.69, 9.17) is 4.74 Å². The van der Waals surface area contributed by atoms with Gasteiger partial charge >= 0.3 is 0 Å². The van der Waals surface area contributed by atoms with E-state index in [1.54, 1.807) is 24.5 Å². The Morgan fingerprint density at radius 1 is 1.33 bits per heavy atom. The van der Waals surface area contributed by atoms with Crippen LogP contribution in [0.5, 0.6) is 5.75 Å². The zero-order valence-electron chi connectivity index (χ0n) is 15.7. The van der Waals surface area contributed by atoms with Crippen molar-refractivity contribution in [2.45, 2.75) is 25.9 Å². The number of likely N-dealkylation sites (tertiary alicyclic amines) is 1. The molecule has 0 unspecified atom stereocenters. The van der Waals surface area contributed by atoms with Crippen molar-refractivity contribution in [2.24, 2.45) is 5.92 Å². The number of aliphatic hydroxyl groups is 1. The molecule has 1 aliphatic heterocycles. The minimum atomic E-state index is -0.150. The summed E-state index contributed by atoms with van der Waals surface area (Å²) >= 11 is 0. The third-order valence-corrected chi connectivity index (χ3v) is 4.98. The molecule has 6 heteroatoms. The molecule has 2 aromatic rings. The Morgan fingerprint density at radius 2 is 2.19 bits per heavy atom. The van der Waals surface area contributed by atoms with Gasteiger partial charge in [-0.2, -0.15) is 0 Å². The second kappa shape index (κ2) is 9.48. The lowest BCUT2D eigenvalue weighted by Gasteiger charge is -2.38. The van der Waals surface area contributed by atoms with Crippen molar-refractivity contribution in [3.63, 3.8) is 0 Å². The Balaban J connectivity index is 1.67. The molecule has 0 aliphatic carbocycles. The normalized spacial score (nSPS) is 20.2. The second-order valence-electron chi connectivity index (χ2n) is 6.83. The van der Waals surface area contributed by atoms with E-state index in [0.717, 1.165) is 30.8 Å². The number of pyridine rings is 1. The highest BCUT2D eigenvalue weighted by Gasteiger charge is 2.30. The van der Waals surface area contributed by atoms with Crippen molar-refractivity contribution in [2.75, 3.05) is 26.3 Å². The summed E-state index contributed by atoms with van der Waals surface area (Å²) in [5.41, 5.74) is 1.67. The quantitative estimate of drug-likeness (QED) is 0.782. The first-order valence-corrected chi connectivity index (χ1v) is 9.46. The number of aliphatic hydroxyl groups excluding tert-OH is 1. The second-order valence-corrected chi connectivity index (χ2v) is 6.83. The zero-order chi connectivity index (χ0) is 19.1. The van der Waals surface area contributed by atoms with Crippen LogP contribution in [0.25, 0.3) is 0 Å². The van der Waals surface area contributed by atoms with Gasteiger partial charge in [0, 0.05) is 49.6 Å². The third kappa shape index (κ3) is 5.05. The number of nitrogens with zero attached hydrogens (tertiary/aromatic N) is 2. The number of carbonyl (C=O) groups is 1. The number of ether oxygens (including phenoxy) is 1. The number of nitrogens with one attached hydrogen (secondary N) is 1. The van der Waals surface area contributed by atoms with Gasteiger partial charge in [-0.05, 0) is 38.1 Å². The molecule has 1 saturated heterocycles. The highest BCUT2D eigenvalue weighted by atomic mass is 16.5. The smallest absolute Gasteiger partial charge is 0.253 e. The van der Waals surface area contributed by atoms with E-state index >= 15 is 0 Å². The molecule has 1 aliphatic rings. The van der Waals surface area contributed by atoms with E-state index < -0.39 is 0 Å². The molecule has 3 rings (SSSR count). The maximum Gasteiger partial charge on any atom is 0.253 e. The summed E-state index contributed by atoms with van der Waals surface area (Å²) in [7, 11) is 0. The first-order chi connectivity index (χ1) is 13.2. The summed E-state index contributed by atoms with van der Waals surface area (Å²) in [6.45, 7) is 5.01. The lowest BCUT2D eigenvalue weighted by Crippen LogP contribution is -2.53. The van der Waals surface area contributed by atoms with Gasteiger partial charge < -0.3 is 15.2 Å². The number of carbonyl (C=O) groups excluding carboxylic acids is 1. The van der Waals surface area contributed by atoms with Crippen LogP contribution in [0, 0.1) is 5.92 Å². The number of piperidine rings is 1. The third-order valence-electron chi connectivity index (χ3n) is 4.98. The summed E-state index contributed by atoms with van der Waals surface area (Å²) in [5, 5.41) is 12.8. The SMILES string of the molecule is CCOc1ccccc1CN1CC[C@H](CO)[C@H](NC(=O)c2cccnc2)C1. The lowest BCUT2D eigenvalue weighted by atomic mass is 9.91. The van der Waals surface area contributed by atoms with Gasteiger partial charge in [-0.1, -0.05) is 18.2 Å². The summed E-state index contributed by atoms with van der Waals surface area (Å²) in [4.78, 5) is 18.8. The average Bonchev–Trinajstić information content (AvgIpc) is 2.70. The lowest BCUT2D eigenvalue weighted by molar-refractivity contribution is 0.0727. The predicted octanol–water partition coefficient (Wildman–Crippen LogP) is 2.09. The molecule has 0 saturated carbocycles. The van der Waals surface area contributed by atoms with Crippen LogP contribution in [0.4, 0.5) is 0 Å². The summed E-state index contributed by atoms with van der Waals surface area (Å²) in [6, 6.07) is 11.4. The van der Waals surface area contributed by atoms with Crippen molar-refractivity contribution >= 4 is 5.91 Å². The summed E-state index contributed by atoms with van der Waals surface area (Å²) in [6.07, 6.45) is 4.04. The molecule has 1 aromatic carbocycles. The maximum absolute atomic E-state index is 12.5.